The predicted molar refractivity (Wildman–Crippen MR) is 152 cm³/mol. The van der Waals surface area contributed by atoms with Crippen molar-refractivity contribution in [1.29, 1.82) is 0 Å². The summed E-state index contributed by atoms with van der Waals surface area (Å²) in [4.78, 5) is 0. The number of rotatable bonds is 9. The molecule has 4 saturated carbocycles. The van der Waals surface area contributed by atoms with Gasteiger partial charge < -0.3 is 10.2 Å². The van der Waals surface area contributed by atoms with Crippen molar-refractivity contribution in [3.63, 3.8) is 0 Å². The predicted octanol–water partition coefficient (Wildman–Crippen LogP) is 8.22. The second-order valence-corrected chi connectivity index (χ2v) is 14.0. The van der Waals surface area contributed by atoms with E-state index in [-0.39, 0.29) is 16.9 Å². The Kier molecular flexibility index (Phi) is 6.60. The highest BCUT2D eigenvalue weighted by molar-refractivity contribution is 5.31. The molecule has 2 aromatic carbocycles. The van der Waals surface area contributed by atoms with E-state index in [1.165, 1.54) is 67.2 Å². The molecule has 4 fully saturated rings. The van der Waals surface area contributed by atoms with E-state index in [1.54, 1.807) is 0 Å². The molecule has 0 aromatic heterocycles. The van der Waals surface area contributed by atoms with Crippen LogP contribution in [0.1, 0.15) is 118 Å². The van der Waals surface area contributed by atoms with E-state index in [0.717, 1.165) is 43.9 Å². The zero-order chi connectivity index (χ0) is 25.8. The highest BCUT2D eigenvalue weighted by Gasteiger charge is 2.60. The molecule has 2 nitrogen and oxygen atoms in total. The van der Waals surface area contributed by atoms with Gasteiger partial charge in [-0.05, 0) is 120 Å². The monoisotopic (exact) mass is 500 g/mol. The topological polar surface area (TPSA) is 40.5 Å². The largest absolute Gasteiger partial charge is 0.393 e. The van der Waals surface area contributed by atoms with Gasteiger partial charge in [-0.25, -0.2) is 0 Å². The third-order valence-corrected chi connectivity index (χ3v) is 11.9. The molecule has 0 amide bonds. The lowest BCUT2D eigenvalue weighted by atomic mass is 9.61. The fraction of sp³-hybridized carbons (Fsp3) is 0.657. The van der Waals surface area contributed by atoms with Crippen molar-refractivity contribution < 1.29 is 10.2 Å². The maximum atomic E-state index is 12.0. The highest BCUT2D eigenvalue weighted by atomic mass is 16.3. The van der Waals surface area contributed by atoms with Crippen LogP contribution in [0.4, 0.5) is 0 Å². The number of aliphatic hydroxyl groups is 2. The Morgan fingerprint density at radius 3 is 2.00 bits per heavy atom. The molecule has 37 heavy (non-hydrogen) atoms. The number of benzene rings is 2. The van der Waals surface area contributed by atoms with Crippen molar-refractivity contribution in [2.45, 2.75) is 121 Å². The molecule has 8 atom stereocenters. The minimum Gasteiger partial charge on any atom is -0.393 e. The number of aliphatic hydroxyl groups excluding tert-OH is 1. The Bertz CT molecular complexity index is 1090. The molecule has 4 bridgehead atoms. The molecule has 0 heterocycles. The quantitative estimate of drug-likeness (QED) is 0.340. The zero-order valence-corrected chi connectivity index (χ0v) is 23.4. The molecule has 0 saturated heterocycles. The standard InChI is InChI=1S/C35H48O2/c1-24-7-11-28(12-8-24)30-20-26-15-18-34(30,22-26)32(36)6-4-5-17-33(3,37)35-19-16-27(23-35)21-31(35)29-13-9-25(2)10-14-29/h7-14,26-27,30-32,36-37H,4-6,15-23H2,1-3H3. The van der Waals surface area contributed by atoms with Crippen LogP contribution in [0.5, 0.6) is 0 Å². The minimum atomic E-state index is -0.646. The van der Waals surface area contributed by atoms with Crippen LogP contribution in [0.15, 0.2) is 48.5 Å². The van der Waals surface area contributed by atoms with Crippen LogP contribution in [-0.4, -0.2) is 21.9 Å². The number of fused-ring (bicyclic) bond motifs is 4. The van der Waals surface area contributed by atoms with E-state index in [4.69, 9.17) is 0 Å². The van der Waals surface area contributed by atoms with Gasteiger partial charge in [0.15, 0.2) is 0 Å². The lowest BCUT2D eigenvalue weighted by Crippen LogP contribution is -2.47. The SMILES string of the molecule is Cc1ccc(C2CC3CCC2(C(O)CCCCC(C)(O)C24CCC(CC2c2ccc(C)cc2)C4)C3)cc1. The molecule has 4 aliphatic carbocycles. The van der Waals surface area contributed by atoms with Crippen molar-refractivity contribution in [3.05, 3.63) is 70.8 Å². The summed E-state index contributed by atoms with van der Waals surface area (Å²) < 4.78 is 0. The highest BCUT2D eigenvalue weighted by Crippen LogP contribution is 2.67. The molecule has 4 aliphatic rings. The smallest absolute Gasteiger partial charge is 0.0681 e. The molecule has 0 spiro atoms. The van der Waals surface area contributed by atoms with Crippen LogP contribution in [0, 0.1) is 36.5 Å². The number of hydrogen-bond acceptors (Lipinski definition) is 2. The first-order chi connectivity index (χ1) is 17.7. The van der Waals surface area contributed by atoms with E-state index < -0.39 is 5.60 Å². The van der Waals surface area contributed by atoms with Crippen molar-refractivity contribution in [1.82, 2.24) is 0 Å². The summed E-state index contributed by atoms with van der Waals surface area (Å²) in [6.07, 6.45) is 13.3. The second kappa shape index (κ2) is 9.53. The molecule has 6 rings (SSSR count). The van der Waals surface area contributed by atoms with Gasteiger partial charge in [0.2, 0.25) is 0 Å². The van der Waals surface area contributed by atoms with Gasteiger partial charge in [-0.2, -0.15) is 0 Å². The average Bonchev–Trinajstić information content (AvgIpc) is 3.68. The number of hydrogen-bond donors (Lipinski definition) is 2. The van der Waals surface area contributed by atoms with Crippen LogP contribution >= 0.6 is 0 Å². The van der Waals surface area contributed by atoms with E-state index in [2.05, 4.69) is 69.3 Å². The van der Waals surface area contributed by atoms with Gasteiger partial charge >= 0.3 is 0 Å². The van der Waals surface area contributed by atoms with E-state index >= 15 is 0 Å². The van der Waals surface area contributed by atoms with Crippen molar-refractivity contribution in [2.75, 3.05) is 0 Å². The lowest BCUT2D eigenvalue weighted by molar-refractivity contribution is -0.0843. The van der Waals surface area contributed by atoms with Gasteiger partial charge in [0.1, 0.15) is 0 Å². The Labute approximate surface area is 224 Å². The first-order valence-electron chi connectivity index (χ1n) is 15.3. The molecule has 2 N–H and O–H groups in total. The van der Waals surface area contributed by atoms with Gasteiger partial charge in [-0.15, -0.1) is 0 Å². The van der Waals surface area contributed by atoms with Gasteiger partial charge in [-0.1, -0.05) is 72.5 Å². The summed E-state index contributed by atoms with van der Waals surface area (Å²) in [6.45, 7) is 6.46. The van der Waals surface area contributed by atoms with Gasteiger partial charge in [0, 0.05) is 10.8 Å². The van der Waals surface area contributed by atoms with Crippen molar-refractivity contribution in [3.8, 4) is 0 Å². The summed E-state index contributed by atoms with van der Waals surface area (Å²) in [5.74, 6) is 2.55. The summed E-state index contributed by atoms with van der Waals surface area (Å²) in [7, 11) is 0. The van der Waals surface area contributed by atoms with E-state index in [9.17, 15) is 10.2 Å². The Hall–Kier alpha value is -1.64. The van der Waals surface area contributed by atoms with Crippen LogP contribution in [-0.2, 0) is 0 Å². The summed E-state index contributed by atoms with van der Waals surface area (Å²) in [6, 6.07) is 18.2. The van der Waals surface area contributed by atoms with Crippen molar-refractivity contribution in [2.24, 2.45) is 22.7 Å². The normalized spacial score (nSPS) is 36.7. The van der Waals surface area contributed by atoms with Crippen molar-refractivity contribution >= 4 is 0 Å². The molecular weight excluding hydrogens is 452 g/mol. The summed E-state index contributed by atoms with van der Waals surface area (Å²) in [5, 5.41) is 23.6. The second-order valence-electron chi connectivity index (χ2n) is 14.0. The molecule has 200 valence electrons. The van der Waals surface area contributed by atoms with Crippen LogP contribution < -0.4 is 0 Å². The molecular formula is C35H48O2. The molecule has 0 radical (unpaired) electrons. The Morgan fingerprint density at radius 2 is 1.38 bits per heavy atom. The minimum absolute atomic E-state index is 0.0187. The third-order valence-electron chi connectivity index (χ3n) is 11.9. The van der Waals surface area contributed by atoms with Crippen LogP contribution in [0.2, 0.25) is 0 Å². The maximum Gasteiger partial charge on any atom is 0.0681 e. The molecule has 0 aliphatic heterocycles. The first kappa shape index (κ1) is 25.6. The van der Waals surface area contributed by atoms with Gasteiger partial charge in [0.05, 0.1) is 11.7 Å². The number of unbranched alkanes of at least 4 members (excludes halogenated alkanes) is 1. The third kappa shape index (κ3) is 4.31. The fourth-order valence-electron chi connectivity index (χ4n) is 9.82. The first-order valence-corrected chi connectivity index (χ1v) is 15.3. The van der Waals surface area contributed by atoms with Gasteiger partial charge in [-0.3, -0.25) is 0 Å². The Morgan fingerprint density at radius 1 is 0.811 bits per heavy atom. The number of aryl methyl sites for hydroxylation is 2. The molecule has 8 unspecified atom stereocenters. The summed E-state index contributed by atoms with van der Waals surface area (Å²) in [5.41, 5.74) is 4.94. The molecule has 2 aromatic rings. The van der Waals surface area contributed by atoms with Crippen LogP contribution in [0.25, 0.3) is 0 Å². The lowest BCUT2D eigenvalue weighted by Gasteiger charge is -2.47. The zero-order valence-electron chi connectivity index (χ0n) is 23.4. The van der Waals surface area contributed by atoms with E-state index in [1.807, 2.05) is 0 Å². The Balaban J connectivity index is 1.10. The maximum absolute atomic E-state index is 12.0. The van der Waals surface area contributed by atoms with Gasteiger partial charge in [0.25, 0.3) is 0 Å². The average molecular weight is 501 g/mol. The molecule has 2 heteroatoms. The van der Waals surface area contributed by atoms with Crippen LogP contribution in [0.3, 0.4) is 0 Å². The summed E-state index contributed by atoms with van der Waals surface area (Å²) >= 11 is 0. The van der Waals surface area contributed by atoms with E-state index in [0.29, 0.717) is 11.8 Å². The fourth-order valence-corrected chi connectivity index (χ4v) is 9.82.